The predicted octanol–water partition coefficient (Wildman–Crippen LogP) is 4.74. The van der Waals surface area contributed by atoms with Crippen molar-refractivity contribution in [1.82, 2.24) is 26.6 Å². The van der Waals surface area contributed by atoms with Crippen LogP contribution in [0.2, 0.25) is 0 Å². The summed E-state index contributed by atoms with van der Waals surface area (Å²) in [5.74, 6) is -1.65. The molecule has 0 bridgehead atoms. The predicted molar refractivity (Wildman–Crippen MR) is 202 cm³/mol. The Balaban J connectivity index is 1.86. The largest absolute Gasteiger partial charge is 0.452 e. The molecule has 4 atom stereocenters. The molecule has 5 amide bonds. The lowest BCUT2D eigenvalue weighted by atomic mass is 10.0. The molecule has 0 aliphatic rings. The minimum atomic E-state index is -0.693. The zero-order chi connectivity index (χ0) is 37.7. The molecule has 0 fully saturated rings. The van der Waals surface area contributed by atoms with Gasteiger partial charge < -0.3 is 31.3 Å². The topological polar surface area (TPSA) is 158 Å². The number of hydrogen-bond acceptors (Lipinski definition) is 7. The molecule has 3 aromatic carbocycles. The van der Waals surface area contributed by atoms with Crippen LogP contribution in [-0.2, 0) is 20.7 Å². The summed E-state index contributed by atoms with van der Waals surface area (Å²) in [6.45, 7) is 9.74. The average Bonchev–Trinajstić information content (AvgIpc) is 3.12. The molecule has 13 heteroatoms. The van der Waals surface area contributed by atoms with E-state index in [4.69, 9.17) is 4.74 Å². The van der Waals surface area contributed by atoms with Crippen LogP contribution >= 0.6 is 15.9 Å². The second-order valence-corrected chi connectivity index (χ2v) is 13.6. The number of likely N-dealkylation sites (N-methyl/N-ethyl adjacent to an activating group) is 1. The molecule has 0 spiro atoms. The van der Waals surface area contributed by atoms with E-state index >= 15 is 0 Å². The van der Waals surface area contributed by atoms with Crippen LogP contribution in [0, 0.1) is 5.92 Å². The lowest BCUT2D eigenvalue weighted by Gasteiger charge is -2.25. The van der Waals surface area contributed by atoms with E-state index in [1.165, 1.54) is 37.3 Å². The summed E-state index contributed by atoms with van der Waals surface area (Å²) in [5, 5.41) is 14.8. The molecule has 274 valence electrons. The van der Waals surface area contributed by atoms with E-state index in [0.29, 0.717) is 13.0 Å². The van der Waals surface area contributed by atoms with Gasteiger partial charge in [-0.05, 0) is 74.6 Å². The first-order valence-electron chi connectivity index (χ1n) is 16.9. The standard InChI is InChI=1S/C38H49BrN6O6/c1-8-40-37(49)33(23(2)3)44-34(46)25(5)41-22-31(18-26-12-10-9-11-13-26)43-36(48)29-19-28(20-32(21-29)45(6)38(50)51-7)35(47)42-24(4)27-14-16-30(39)17-15-27/h9-17,19-21,23-25,31,33,41H,8,18,22H2,1-7H3,(H,40,49)(H,42,47)(H,43,48)(H,44,46)/t24-,25+,31+,33+/m1/s1. The second kappa shape index (κ2) is 19.6. The molecule has 51 heavy (non-hydrogen) atoms. The molecule has 0 aromatic heterocycles. The van der Waals surface area contributed by atoms with E-state index in [1.54, 1.807) is 6.92 Å². The summed E-state index contributed by atoms with van der Waals surface area (Å²) >= 11 is 3.42. The summed E-state index contributed by atoms with van der Waals surface area (Å²) < 4.78 is 5.80. The summed E-state index contributed by atoms with van der Waals surface area (Å²) in [7, 11) is 2.73. The van der Waals surface area contributed by atoms with E-state index in [-0.39, 0.29) is 47.1 Å². The maximum Gasteiger partial charge on any atom is 0.413 e. The summed E-state index contributed by atoms with van der Waals surface area (Å²) in [5.41, 5.74) is 2.45. The molecular formula is C38H49BrN6O6. The Labute approximate surface area is 308 Å². The Hall–Kier alpha value is -4.75. The maximum absolute atomic E-state index is 13.9. The van der Waals surface area contributed by atoms with Gasteiger partial charge in [-0.3, -0.25) is 24.1 Å². The molecule has 0 radical (unpaired) electrons. The van der Waals surface area contributed by atoms with Crippen molar-refractivity contribution >= 4 is 51.3 Å². The van der Waals surface area contributed by atoms with Crippen molar-refractivity contribution in [2.45, 2.75) is 65.2 Å². The lowest BCUT2D eigenvalue weighted by Crippen LogP contribution is -2.55. The van der Waals surface area contributed by atoms with Gasteiger partial charge in [0.15, 0.2) is 0 Å². The van der Waals surface area contributed by atoms with Crippen LogP contribution in [0.25, 0.3) is 0 Å². The highest BCUT2D eigenvalue weighted by molar-refractivity contribution is 9.10. The molecule has 0 saturated carbocycles. The molecule has 5 N–H and O–H groups in total. The zero-order valence-electron chi connectivity index (χ0n) is 30.2. The molecule has 0 aliphatic carbocycles. The van der Waals surface area contributed by atoms with Gasteiger partial charge >= 0.3 is 6.09 Å². The highest BCUT2D eigenvalue weighted by Crippen LogP contribution is 2.22. The van der Waals surface area contributed by atoms with Crippen molar-refractivity contribution < 1.29 is 28.7 Å². The Kier molecular flexibility index (Phi) is 15.6. The van der Waals surface area contributed by atoms with Crippen molar-refractivity contribution in [1.29, 1.82) is 0 Å². The molecule has 3 rings (SSSR count). The van der Waals surface area contributed by atoms with Crippen LogP contribution in [0.15, 0.2) is 77.3 Å². The first-order valence-corrected chi connectivity index (χ1v) is 17.7. The van der Waals surface area contributed by atoms with Gasteiger partial charge in [0.1, 0.15) is 6.04 Å². The lowest BCUT2D eigenvalue weighted by molar-refractivity contribution is -0.130. The molecular weight excluding hydrogens is 716 g/mol. The molecule has 0 unspecified atom stereocenters. The van der Waals surface area contributed by atoms with Crippen molar-refractivity contribution in [3.05, 3.63) is 99.5 Å². The summed E-state index contributed by atoms with van der Waals surface area (Å²) in [4.78, 5) is 66.8. The van der Waals surface area contributed by atoms with Crippen LogP contribution in [0.3, 0.4) is 0 Å². The van der Waals surface area contributed by atoms with Gasteiger partial charge in [-0.1, -0.05) is 72.2 Å². The molecule has 0 saturated heterocycles. The fourth-order valence-electron chi connectivity index (χ4n) is 5.27. The number of amides is 5. The summed E-state index contributed by atoms with van der Waals surface area (Å²) in [6.07, 6.45) is -0.242. The number of carbonyl (C=O) groups excluding carboxylic acids is 5. The molecule has 3 aromatic rings. The Bertz CT molecular complexity index is 1650. The fraction of sp³-hybridized carbons (Fsp3) is 0.395. The number of methoxy groups -OCH3 is 1. The SMILES string of the molecule is CCNC(=O)[C@@H](NC(=O)[C@H](C)NC[C@H](Cc1ccccc1)NC(=O)c1cc(C(=O)N[C@H](C)c2ccc(Br)cc2)cc(N(C)C(=O)OC)c1)C(C)C. The van der Waals surface area contributed by atoms with Gasteiger partial charge in [0.05, 0.1) is 19.2 Å². The number of ether oxygens (including phenoxy) is 1. The molecule has 12 nitrogen and oxygen atoms in total. The minimum Gasteiger partial charge on any atom is -0.452 e. The number of hydrogen-bond donors (Lipinski definition) is 5. The van der Waals surface area contributed by atoms with Crippen molar-refractivity contribution in [3.8, 4) is 0 Å². The highest BCUT2D eigenvalue weighted by Gasteiger charge is 2.27. The van der Waals surface area contributed by atoms with Crippen LogP contribution in [0.5, 0.6) is 0 Å². The Morgan fingerprint density at radius 2 is 1.41 bits per heavy atom. The quantitative estimate of drug-likeness (QED) is 0.141. The average molecular weight is 766 g/mol. The number of nitrogens with zero attached hydrogens (tertiary/aromatic N) is 1. The number of halogens is 1. The van der Waals surface area contributed by atoms with E-state index in [9.17, 15) is 24.0 Å². The van der Waals surface area contributed by atoms with Crippen LogP contribution in [-0.4, -0.2) is 75.1 Å². The van der Waals surface area contributed by atoms with Crippen molar-refractivity contribution in [3.63, 3.8) is 0 Å². The van der Waals surface area contributed by atoms with E-state index < -0.39 is 36.0 Å². The van der Waals surface area contributed by atoms with Crippen LogP contribution in [0.1, 0.15) is 72.5 Å². The van der Waals surface area contributed by atoms with Gasteiger partial charge in [-0.25, -0.2) is 4.79 Å². The fourth-order valence-corrected chi connectivity index (χ4v) is 5.54. The van der Waals surface area contributed by atoms with E-state index in [0.717, 1.165) is 15.6 Å². The van der Waals surface area contributed by atoms with Gasteiger partial charge in [0.25, 0.3) is 11.8 Å². The van der Waals surface area contributed by atoms with Gasteiger partial charge in [0, 0.05) is 47.5 Å². The number of nitrogens with one attached hydrogen (secondary N) is 5. The van der Waals surface area contributed by atoms with Crippen LogP contribution in [0.4, 0.5) is 10.5 Å². The van der Waals surface area contributed by atoms with Gasteiger partial charge in [0.2, 0.25) is 11.8 Å². The smallest absolute Gasteiger partial charge is 0.413 e. The van der Waals surface area contributed by atoms with Crippen LogP contribution < -0.4 is 31.5 Å². The van der Waals surface area contributed by atoms with Crippen molar-refractivity contribution in [2.24, 2.45) is 5.92 Å². The number of carbonyl (C=O) groups is 5. The number of rotatable bonds is 16. The Morgan fingerprint density at radius 1 is 0.804 bits per heavy atom. The third kappa shape index (κ3) is 12.2. The molecule has 0 aliphatic heterocycles. The summed E-state index contributed by atoms with van der Waals surface area (Å²) in [6, 6.07) is 19.4. The second-order valence-electron chi connectivity index (χ2n) is 12.7. The first kappa shape index (κ1) is 40.7. The van der Waals surface area contributed by atoms with Crippen molar-refractivity contribution in [2.75, 3.05) is 32.1 Å². The first-order chi connectivity index (χ1) is 24.2. The Morgan fingerprint density at radius 3 is 1.98 bits per heavy atom. The minimum absolute atomic E-state index is 0.122. The van der Waals surface area contributed by atoms with E-state index in [1.807, 2.05) is 82.3 Å². The highest BCUT2D eigenvalue weighted by atomic mass is 79.9. The monoisotopic (exact) mass is 764 g/mol. The third-order valence-electron chi connectivity index (χ3n) is 8.32. The van der Waals surface area contributed by atoms with E-state index in [2.05, 4.69) is 42.5 Å². The van der Waals surface area contributed by atoms with Gasteiger partial charge in [-0.15, -0.1) is 0 Å². The normalized spacial score (nSPS) is 13.3. The third-order valence-corrected chi connectivity index (χ3v) is 8.85. The molecule has 0 heterocycles. The maximum atomic E-state index is 13.9. The number of anilines is 1. The number of benzene rings is 3. The zero-order valence-corrected chi connectivity index (χ0v) is 31.8. The van der Waals surface area contributed by atoms with Gasteiger partial charge in [-0.2, -0.15) is 0 Å².